The second kappa shape index (κ2) is 5.08. The Balaban J connectivity index is 3.31. The first-order chi connectivity index (χ1) is 8.34. The minimum Gasteiger partial charge on any atom is -0.479 e. The molecule has 1 aromatic rings. The molecule has 96 valence electrons. The molecule has 0 fully saturated rings. The lowest BCUT2D eigenvalue weighted by Crippen LogP contribution is -2.23. The molecule has 18 heavy (non-hydrogen) atoms. The van der Waals surface area contributed by atoms with Crippen LogP contribution in [0.1, 0.15) is 6.92 Å². The normalized spacial score (nSPS) is 11.6. The molecule has 0 spiro atoms. The van der Waals surface area contributed by atoms with E-state index in [1.54, 1.807) is 0 Å². The van der Waals surface area contributed by atoms with Crippen molar-refractivity contribution in [2.75, 3.05) is 0 Å². The second-order valence-electron chi connectivity index (χ2n) is 3.24. The summed E-state index contributed by atoms with van der Waals surface area (Å²) < 4.78 is 4.78. The number of hydrogen-bond donors (Lipinski definition) is 1. The molecule has 0 aliphatic rings. The van der Waals surface area contributed by atoms with Crippen LogP contribution >= 0.6 is 0 Å². The number of carbonyl (C=O) groups is 1. The van der Waals surface area contributed by atoms with Gasteiger partial charge in [0.05, 0.1) is 9.85 Å². The Morgan fingerprint density at radius 3 is 2.06 bits per heavy atom. The van der Waals surface area contributed by atoms with Gasteiger partial charge in [0.2, 0.25) is 0 Å². The van der Waals surface area contributed by atoms with E-state index in [0.717, 1.165) is 25.1 Å². The summed E-state index contributed by atoms with van der Waals surface area (Å²) in [5.74, 6) is -2.05. The molecule has 9 heteroatoms. The highest BCUT2D eigenvalue weighted by Crippen LogP contribution is 2.36. The van der Waals surface area contributed by atoms with Crippen molar-refractivity contribution >= 4 is 17.3 Å². The maximum Gasteiger partial charge on any atom is 0.344 e. The molecule has 9 nitrogen and oxygen atoms in total. The highest BCUT2D eigenvalue weighted by Gasteiger charge is 2.29. The van der Waals surface area contributed by atoms with Crippen molar-refractivity contribution in [3.63, 3.8) is 0 Å². The Bertz CT molecular complexity index is 481. The monoisotopic (exact) mass is 256 g/mol. The Morgan fingerprint density at radius 2 is 1.72 bits per heavy atom. The zero-order valence-corrected chi connectivity index (χ0v) is 9.10. The van der Waals surface area contributed by atoms with E-state index in [1.807, 2.05) is 0 Å². The van der Waals surface area contributed by atoms with Crippen LogP contribution < -0.4 is 4.74 Å². The van der Waals surface area contributed by atoms with Crippen LogP contribution in [0.2, 0.25) is 0 Å². The fourth-order valence-corrected chi connectivity index (χ4v) is 1.15. The van der Waals surface area contributed by atoms with E-state index >= 15 is 0 Å². The van der Waals surface area contributed by atoms with E-state index in [-0.39, 0.29) is 0 Å². The molecule has 0 radical (unpaired) electrons. The number of nitrogens with zero attached hydrogens (tertiary/aromatic N) is 2. The SMILES string of the molecule is CC(Oc1c([N+](=O)[O-])cccc1[N+](=O)[O-])C(=O)O. The predicted molar refractivity (Wildman–Crippen MR) is 57.5 cm³/mol. The summed E-state index contributed by atoms with van der Waals surface area (Å²) in [4.78, 5) is 30.3. The molecule has 1 N–H and O–H groups in total. The van der Waals surface area contributed by atoms with Gasteiger partial charge in [0.25, 0.3) is 5.75 Å². The second-order valence-corrected chi connectivity index (χ2v) is 3.24. The van der Waals surface area contributed by atoms with Crippen LogP contribution in [0, 0.1) is 20.2 Å². The van der Waals surface area contributed by atoms with Crippen LogP contribution in [-0.4, -0.2) is 27.0 Å². The van der Waals surface area contributed by atoms with E-state index in [2.05, 4.69) is 0 Å². The van der Waals surface area contributed by atoms with Crippen molar-refractivity contribution in [1.82, 2.24) is 0 Å². The van der Waals surface area contributed by atoms with Gasteiger partial charge in [-0.15, -0.1) is 0 Å². The largest absolute Gasteiger partial charge is 0.479 e. The maximum atomic E-state index is 10.7. The van der Waals surface area contributed by atoms with Crippen molar-refractivity contribution < 1.29 is 24.5 Å². The molecule has 0 aliphatic carbocycles. The molecule has 0 aromatic heterocycles. The van der Waals surface area contributed by atoms with Crippen molar-refractivity contribution in [2.45, 2.75) is 13.0 Å². The fraction of sp³-hybridized carbons (Fsp3) is 0.222. The Hall–Kier alpha value is -2.71. The van der Waals surface area contributed by atoms with Crippen molar-refractivity contribution in [3.8, 4) is 5.75 Å². The van der Waals surface area contributed by atoms with Crippen molar-refractivity contribution in [3.05, 3.63) is 38.4 Å². The molecule has 0 heterocycles. The van der Waals surface area contributed by atoms with E-state index in [0.29, 0.717) is 0 Å². The molecule has 0 aliphatic heterocycles. The molecule has 0 saturated carbocycles. The number of para-hydroxylation sites is 1. The van der Waals surface area contributed by atoms with Gasteiger partial charge < -0.3 is 9.84 Å². The number of nitro groups is 2. The Kier molecular flexibility index (Phi) is 3.77. The van der Waals surface area contributed by atoms with Crippen LogP contribution in [0.15, 0.2) is 18.2 Å². The first-order valence-electron chi connectivity index (χ1n) is 4.66. The van der Waals surface area contributed by atoms with Crippen molar-refractivity contribution in [2.24, 2.45) is 0 Å². The zero-order valence-electron chi connectivity index (χ0n) is 9.10. The number of benzene rings is 1. The zero-order chi connectivity index (χ0) is 13.9. The van der Waals surface area contributed by atoms with Crippen LogP contribution in [0.4, 0.5) is 11.4 Å². The molecule has 1 aromatic carbocycles. The lowest BCUT2D eigenvalue weighted by molar-refractivity contribution is -0.396. The summed E-state index contributed by atoms with van der Waals surface area (Å²) in [7, 11) is 0. The summed E-state index contributed by atoms with van der Waals surface area (Å²) in [6.45, 7) is 1.11. The predicted octanol–water partition coefficient (Wildman–Crippen LogP) is 1.35. The Morgan fingerprint density at radius 1 is 1.28 bits per heavy atom. The highest BCUT2D eigenvalue weighted by molar-refractivity contribution is 5.73. The van der Waals surface area contributed by atoms with Crippen LogP contribution in [0.3, 0.4) is 0 Å². The topological polar surface area (TPSA) is 133 Å². The van der Waals surface area contributed by atoms with Gasteiger partial charge in [0.15, 0.2) is 6.10 Å². The number of aliphatic carboxylic acids is 1. The molecule has 0 saturated heterocycles. The van der Waals surface area contributed by atoms with Gasteiger partial charge in [0.1, 0.15) is 0 Å². The van der Waals surface area contributed by atoms with Gasteiger partial charge in [-0.05, 0) is 13.0 Å². The maximum absolute atomic E-state index is 10.7. The van der Waals surface area contributed by atoms with Crippen LogP contribution in [0.5, 0.6) is 5.75 Å². The average Bonchev–Trinajstić information content (AvgIpc) is 2.28. The molecular formula is C9H8N2O7. The summed E-state index contributed by atoms with van der Waals surface area (Å²) in [5, 5.41) is 30.0. The number of hydrogen-bond acceptors (Lipinski definition) is 6. The number of carboxylic acid groups (broad SMARTS) is 1. The molecule has 1 rings (SSSR count). The van der Waals surface area contributed by atoms with Gasteiger partial charge in [-0.1, -0.05) is 0 Å². The van der Waals surface area contributed by atoms with Crippen LogP contribution in [-0.2, 0) is 4.79 Å². The third-order valence-corrected chi connectivity index (χ3v) is 2.01. The summed E-state index contributed by atoms with van der Waals surface area (Å²) in [5.41, 5.74) is -1.31. The molecule has 0 amide bonds. The van der Waals surface area contributed by atoms with E-state index in [4.69, 9.17) is 9.84 Å². The Labute approximate surface area is 99.9 Å². The first-order valence-corrected chi connectivity index (χ1v) is 4.66. The first kappa shape index (κ1) is 13.4. The number of nitro benzene ring substituents is 2. The van der Waals surface area contributed by atoms with E-state index < -0.39 is 39.0 Å². The van der Waals surface area contributed by atoms with E-state index in [1.165, 1.54) is 0 Å². The molecular weight excluding hydrogens is 248 g/mol. The smallest absolute Gasteiger partial charge is 0.344 e. The van der Waals surface area contributed by atoms with Gasteiger partial charge in [-0.25, -0.2) is 4.79 Å². The number of rotatable bonds is 5. The lowest BCUT2D eigenvalue weighted by atomic mass is 10.2. The summed E-state index contributed by atoms with van der Waals surface area (Å²) in [6.07, 6.45) is -1.44. The highest BCUT2D eigenvalue weighted by atomic mass is 16.6. The average molecular weight is 256 g/mol. The van der Waals surface area contributed by atoms with E-state index in [9.17, 15) is 25.0 Å². The fourth-order valence-electron chi connectivity index (χ4n) is 1.15. The third kappa shape index (κ3) is 2.70. The minimum atomic E-state index is -1.44. The van der Waals surface area contributed by atoms with Crippen molar-refractivity contribution in [1.29, 1.82) is 0 Å². The number of ether oxygens (including phenoxy) is 1. The van der Waals surface area contributed by atoms with Gasteiger partial charge in [0, 0.05) is 12.1 Å². The van der Waals surface area contributed by atoms with Crippen LogP contribution in [0.25, 0.3) is 0 Å². The van der Waals surface area contributed by atoms with Gasteiger partial charge in [-0.3, -0.25) is 20.2 Å². The lowest BCUT2D eigenvalue weighted by Gasteiger charge is -2.10. The van der Waals surface area contributed by atoms with Gasteiger partial charge in [-0.2, -0.15) is 0 Å². The third-order valence-electron chi connectivity index (χ3n) is 2.01. The summed E-state index contributed by atoms with van der Waals surface area (Å²) in [6, 6.07) is 3.11. The molecule has 0 bridgehead atoms. The molecule has 1 atom stereocenters. The summed E-state index contributed by atoms with van der Waals surface area (Å²) >= 11 is 0. The minimum absolute atomic E-state index is 0.655. The quantitative estimate of drug-likeness (QED) is 0.620. The molecule has 1 unspecified atom stereocenters. The number of carboxylic acids is 1. The van der Waals surface area contributed by atoms with Gasteiger partial charge >= 0.3 is 17.3 Å². The standard InChI is InChI=1S/C9H8N2O7/c1-5(9(12)13)18-8-6(10(14)15)3-2-4-7(8)11(16)17/h2-5H,1H3,(H,12,13).